The van der Waals surface area contributed by atoms with Gasteiger partial charge in [0, 0.05) is 12.6 Å². The summed E-state index contributed by atoms with van der Waals surface area (Å²) in [5.41, 5.74) is 0.236. The summed E-state index contributed by atoms with van der Waals surface area (Å²) in [6.07, 6.45) is -0.878. The molecule has 2 nitrogen and oxygen atoms in total. The lowest BCUT2D eigenvalue weighted by molar-refractivity contribution is -0.145. The summed E-state index contributed by atoms with van der Waals surface area (Å²) >= 11 is 0. The molecule has 0 aromatic rings. The molecular formula is C15H29F3N2. The number of hydrogen-bond donors (Lipinski definition) is 1. The molecular weight excluding hydrogens is 265 g/mol. The Morgan fingerprint density at radius 3 is 2.20 bits per heavy atom. The van der Waals surface area contributed by atoms with E-state index in [0.717, 1.165) is 19.3 Å². The fourth-order valence-corrected chi connectivity index (χ4v) is 3.40. The number of nitrogens with one attached hydrogen (secondary N) is 1. The zero-order valence-electron chi connectivity index (χ0n) is 13.3. The highest BCUT2D eigenvalue weighted by Gasteiger charge is 2.37. The van der Waals surface area contributed by atoms with E-state index in [9.17, 15) is 13.2 Å². The van der Waals surface area contributed by atoms with Crippen LogP contribution in [0.5, 0.6) is 0 Å². The highest BCUT2D eigenvalue weighted by Crippen LogP contribution is 2.40. The molecule has 1 N–H and O–H groups in total. The van der Waals surface area contributed by atoms with Crippen molar-refractivity contribution >= 4 is 0 Å². The number of rotatable bonds is 4. The molecule has 1 aliphatic rings. The normalized spacial score (nSPS) is 28.9. The zero-order valence-corrected chi connectivity index (χ0v) is 13.3. The molecule has 20 heavy (non-hydrogen) atoms. The molecule has 0 heterocycles. The van der Waals surface area contributed by atoms with E-state index < -0.39 is 12.7 Å². The minimum Gasteiger partial charge on any atom is -0.317 e. The molecule has 0 amide bonds. The van der Waals surface area contributed by atoms with Crippen molar-refractivity contribution in [3.05, 3.63) is 0 Å². The molecule has 3 unspecified atom stereocenters. The molecule has 3 atom stereocenters. The molecule has 1 fully saturated rings. The van der Waals surface area contributed by atoms with Gasteiger partial charge in [-0.05, 0) is 50.6 Å². The van der Waals surface area contributed by atoms with Crippen molar-refractivity contribution in [3.8, 4) is 0 Å². The first-order valence-electron chi connectivity index (χ1n) is 7.45. The van der Waals surface area contributed by atoms with Crippen molar-refractivity contribution in [2.24, 2.45) is 17.3 Å². The second-order valence-electron chi connectivity index (χ2n) is 7.34. The standard InChI is InChI=1S/C15H29F3N2/c1-14(2,3)12-6-7-13(19-4)11(8-12)9-20(5)10-15(16,17)18/h11-13,19H,6-10H2,1-5H3. The smallest absolute Gasteiger partial charge is 0.317 e. The highest BCUT2D eigenvalue weighted by molar-refractivity contribution is 4.89. The van der Waals surface area contributed by atoms with Crippen LogP contribution in [0.25, 0.3) is 0 Å². The quantitative estimate of drug-likeness (QED) is 0.853. The Hall–Kier alpha value is -0.290. The van der Waals surface area contributed by atoms with Crippen LogP contribution in [0.3, 0.4) is 0 Å². The SMILES string of the molecule is CNC1CCC(C(C)(C)C)CC1CN(C)CC(F)(F)F. The van der Waals surface area contributed by atoms with E-state index in [1.807, 2.05) is 7.05 Å². The first-order valence-corrected chi connectivity index (χ1v) is 7.45. The Balaban J connectivity index is 2.63. The third kappa shape index (κ3) is 5.60. The Labute approximate surface area is 121 Å². The second-order valence-corrected chi connectivity index (χ2v) is 7.34. The topological polar surface area (TPSA) is 15.3 Å². The summed E-state index contributed by atoms with van der Waals surface area (Å²) in [6.45, 7) is 6.38. The molecule has 0 radical (unpaired) electrons. The van der Waals surface area contributed by atoms with E-state index >= 15 is 0 Å². The maximum Gasteiger partial charge on any atom is 0.401 e. The zero-order chi connectivity index (χ0) is 15.6. The Morgan fingerprint density at radius 2 is 1.75 bits per heavy atom. The van der Waals surface area contributed by atoms with Crippen molar-refractivity contribution in [2.75, 3.05) is 27.2 Å². The predicted molar refractivity (Wildman–Crippen MR) is 76.7 cm³/mol. The van der Waals surface area contributed by atoms with Crippen LogP contribution in [0.15, 0.2) is 0 Å². The average Bonchev–Trinajstić information content (AvgIpc) is 2.24. The van der Waals surface area contributed by atoms with Gasteiger partial charge in [-0.3, -0.25) is 4.90 Å². The summed E-state index contributed by atoms with van der Waals surface area (Å²) in [7, 11) is 3.49. The first-order chi connectivity index (χ1) is 9.03. The number of nitrogens with zero attached hydrogens (tertiary/aromatic N) is 1. The minimum absolute atomic E-state index is 0.236. The van der Waals surface area contributed by atoms with E-state index in [1.165, 1.54) is 4.90 Å². The molecule has 1 rings (SSSR count). The van der Waals surface area contributed by atoms with E-state index in [0.29, 0.717) is 24.4 Å². The minimum atomic E-state index is -4.11. The number of alkyl halides is 3. The lowest BCUT2D eigenvalue weighted by atomic mass is 9.67. The van der Waals surface area contributed by atoms with Crippen molar-refractivity contribution in [1.82, 2.24) is 10.2 Å². The van der Waals surface area contributed by atoms with Gasteiger partial charge >= 0.3 is 6.18 Å². The second kappa shape index (κ2) is 6.65. The highest BCUT2D eigenvalue weighted by atomic mass is 19.4. The van der Waals surface area contributed by atoms with E-state index in [-0.39, 0.29) is 5.41 Å². The van der Waals surface area contributed by atoms with E-state index in [1.54, 1.807) is 7.05 Å². The third-order valence-corrected chi connectivity index (χ3v) is 4.57. The van der Waals surface area contributed by atoms with Crippen molar-refractivity contribution in [3.63, 3.8) is 0 Å². The van der Waals surface area contributed by atoms with E-state index in [2.05, 4.69) is 26.1 Å². The van der Waals surface area contributed by atoms with Gasteiger partial charge in [0.05, 0.1) is 6.54 Å². The Morgan fingerprint density at radius 1 is 1.15 bits per heavy atom. The van der Waals surface area contributed by atoms with Gasteiger partial charge in [0.2, 0.25) is 0 Å². The van der Waals surface area contributed by atoms with Gasteiger partial charge in [-0.25, -0.2) is 0 Å². The van der Waals surface area contributed by atoms with Crippen LogP contribution < -0.4 is 5.32 Å². The van der Waals surface area contributed by atoms with Crippen molar-refractivity contribution < 1.29 is 13.2 Å². The third-order valence-electron chi connectivity index (χ3n) is 4.57. The van der Waals surface area contributed by atoms with Crippen LogP contribution in [0.2, 0.25) is 0 Å². The van der Waals surface area contributed by atoms with Crippen LogP contribution >= 0.6 is 0 Å². The van der Waals surface area contributed by atoms with Crippen molar-refractivity contribution in [1.29, 1.82) is 0 Å². The van der Waals surface area contributed by atoms with E-state index in [4.69, 9.17) is 0 Å². The van der Waals surface area contributed by atoms with Gasteiger partial charge in [0.1, 0.15) is 0 Å². The van der Waals surface area contributed by atoms with Crippen LogP contribution in [0, 0.1) is 17.3 Å². The molecule has 1 saturated carbocycles. The van der Waals surface area contributed by atoms with Gasteiger partial charge in [-0.2, -0.15) is 13.2 Å². The summed E-state index contributed by atoms with van der Waals surface area (Å²) in [6, 6.07) is 0.337. The maximum atomic E-state index is 12.4. The Kier molecular flexibility index (Phi) is 5.90. The van der Waals surface area contributed by atoms with Crippen LogP contribution in [0.1, 0.15) is 40.0 Å². The van der Waals surface area contributed by atoms with Crippen LogP contribution in [-0.2, 0) is 0 Å². The largest absolute Gasteiger partial charge is 0.401 e. The van der Waals surface area contributed by atoms with Gasteiger partial charge in [-0.1, -0.05) is 20.8 Å². The summed E-state index contributed by atoms with van der Waals surface area (Å²) in [4.78, 5) is 1.42. The molecule has 0 aromatic heterocycles. The summed E-state index contributed by atoms with van der Waals surface area (Å²) in [5.74, 6) is 0.890. The van der Waals surface area contributed by atoms with Crippen LogP contribution in [0.4, 0.5) is 13.2 Å². The molecule has 0 aliphatic heterocycles. The molecule has 0 aromatic carbocycles. The molecule has 1 aliphatic carbocycles. The molecule has 0 saturated heterocycles. The molecule has 120 valence electrons. The number of hydrogen-bond acceptors (Lipinski definition) is 2. The van der Waals surface area contributed by atoms with Crippen molar-refractivity contribution in [2.45, 2.75) is 52.3 Å². The monoisotopic (exact) mass is 294 g/mol. The van der Waals surface area contributed by atoms with Gasteiger partial charge in [0.25, 0.3) is 0 Å². The lowest BCUT2D eigenvalue weighted by Crippen LogP contribution is -2.47. The van der Waals surface area contributed by atoms with Gasteiger partial charge < -0.3 is 5.32 Å². The maximum absolute atomic E-state index is 12.4. The number of halogens is 3. The lowest BCUT2D eigenvalue weighted by Gasteiger charge is -2.43. The molecule has 5 heteroatoms. The summed E-state index contributed by atoms with van der Waals surface area (Å²) < 4.78 is 37.3. The van der Waals surface area contributed by atoms with Gasteiger partial charge in [-0.15, -0.1) is 0 Å². The molecule has 0 spiro atoms. The fourth-order valence-electron chi connectivity index (χ4n) is 3.40. The van der Waals surface area contributed by atoms with Crippen LogP contribution in [-0.4, -0.2) is 44.3 Å². The molecule has 0 bridgehead atoms. The average molecular weight is 294 g/mol. The summed E-state index contributed by atoms with van der Waals surface area (Å²) in [5, 5.41) is 3.29. The predicted octanol–water partition coefficient (Wildman–Crippen LogP) is 3.53. The fraction of sp³-hybridized carbons (Fsp3) is 1.00. The van der Waals surface area contributed by atoms with Gasteiger partial charge in [0.15, 0.2) is 0 Å². The Bertz CT molecular complexity index is 296. The first kappa shape index (κ1) is 17.8.